The number of benzene rings is 1. The van der Waals surface area contributed by atoms with Crippen LogP contribution in [0.15, 0.2) is 60.9 Å². The second-order valence-electron chi connectivity index (χ2n) is 6.01. The lowest BCUT2D eigenvalue weighted by molar-refractivity contribution is 0.0929. The maximum Gasteiger partial charge on any atom is 0.276 e. The van der Waals surface area contributed by atoms with Crippen LogP contribution in [0.4, 0.5) is 0 Å². The zero-order chi connectivity index (χ0) is 18.8. The fourth-order valence-electron chi connectivity index (χ4n) is 2.86. The van der Waals surface area contributed by atoms with Crippen LogP contribution in [0, 0.1) is 0 Å². The first kappa shape index (κ1) is 16.8. The minimum atomic E-state index is -0.360. The first-order valence-electron chi connectivity index (χ1n) is 8.47. The molecule has 8 nitrogen and oxygen atoms in total. The minimum absolute atomic E-state index is 0.210. The summed E-state index contributed by atoms with van der Waals surface area (Å²) < 4.78 is 8.79. The lowest BCUT2D eigenvalue weighted by Crippen LogP contribution is -2.28. The van der Waals surface area contributed by atoms with Gasteiger partial charge in [-0.25, -0.2) is 4.68 Å². The molecule has 0 saturated heterocycles. The van der Waals surface area contributed by atoms with E-state index in [1.165, 1.54) is 7.11 Å². The van der Waals surface area contributed by atoms with Crippen molar-refractivity contribution in [3.05, 3.63) is 72.4 Å². The molecule has 0 fully saturated rings. The number of carbonyl (C=O) groups is 1. The van der Waals surface area contributed by atoms with Crippen molar-refractivity contribution >= 4 is 11.6 Å². The van der Waals surface area contributed by atoms with Crippen LogP contribution in [-0.4, -0.2) is 37.4 Å². The third-order valence-corrected chi connectivity index (χ3v) is 4.21. The van der Waals surface area contributed by atoms with E-state index in [1.807, 2.05) is 66.1 Å². The molecule has 1 aromatic carbocycles. The van der Waals surface area contributed by atoms with E-state index < -0.39 is 0 Å². The summed E-state index contributed by atoms with van der Waals surface area (Å²) in [5.41, 5.74) is 1.77. The maximum atomic E-state index is 12.8. The second kappa shape index (κ2) is 6.91. The molecule has 4 rings (SSSR count). The van der Waals surface area contributed by atoms with Crippen molar-refractivity contribution in [1.29, 1.82) is 0 Å². The van der Waals surface area contributed by atoms with Crippen molar-refractivity contribution in [3.63, 3.8) is 0 Å². The van der Waals surface area contributed by atoms with Crippen molar-refractivity contribution in [2.45, 2.75) is 13.0 Å². The molecule has 1 amide bonds. The first-order chi connectivity index (χ1) is 13.2. The van der Waals surface area contributed by atoms with Gasteiger partial charge in [-0.05, 0) is 31.2 Å². The number of methoxy groups -OCH3 is 1. The van der Waals surface area contributed by atoms with Gasteiger partial charge in [-0.3, -0.25) is 9.20 Å². The first-order valence-corrected chi connectivity index (χ1v) is 8.47. The third-order valence-electron chi connectivity index (χ3n) is 4.21. The fourth-order valence-corrected chi connectivity index (χ4v) is 2.86. The van der Waals surface area contributed by atoms with Crippen LogP contribution < -0.4 is 10.1 Å². The molecule has 0 aliphatic rings. The monoisotopic (exact) mass is 362 g/mol. The summed E-state index contributed by atoms with van der Waals surface area (Å²) in [5.74, 6) is 0.691. The van der Waals surface area contributed by atoms with Crippen LogP contribution in [0.25, 0.3) is 11.3 Å². The lowest BCUT2D eigenvalue weighted by atomic mass is 10.3. The SMILES string of the molecule is COc1cn(-c2ccccc2)nc1C(=O)NC(C)c1nnc2ccccn12. The van der Waals surface area contributed by atoms with E-state index in [0.29, 0.717) is 11.6 Å². The molecule has 4 aromatic rings. The van der Waals surface area contributed by atoms with Crippen molar-refractivity contribution in [3.8, 4) is 11.4 Å². The molecular formula is C19H18N6O2. The summed E-state index contributed by atoms with van der Waals surface area (Å²) in [5, 5.41) is 15.6. The molecule has 1 atom stereocenters. The molecule has 0 aliphatic heterocycles. The highest BCUT2D eigenvalue weighted by molar-refractivity contribution is 5.95. The van der Waals surface area contributed by atoms with E-state index in [4.69, 9.17) is 4.74 Å². The number of nitrogens with one attached hydrogen (secondary N) is 1. The van der Waals surface area contributed by atoms with E-state index in [-0.39, 0.29) is 17.6 Å². The predicted molar refractivity (Wildman–Crippen MR) is 99.0 cm³/mol. The number of para-hydroxylation sites is 1. The van der Waals surface area contributed by atoms with Gasteiger partial charge in [0.25, 0.3) is 5.91 Å². The van der Waals surface area contributed by atoms with Crippen LogP contribution in [-0.2, 0) is 0 Å². The molecule has 136 valence electrons. The highest BCUT2D eigenvalue weighted by Gasteiger charge is 2.22. The number of rotatable bonds is 5. The van der Waals surface area contributed by atoms with Gasteiger partial charge in [-0.15, -0.1) is 10.2 Å². The summed E-state index contributed by atoms with van der Waals surface area (Å²) in [6.45, 7) is 1.85. The van der Waals surface area contributed by atoms with Gasteiger partial charge in [-0.2, -0.15) is 5.10 Å². The van der Waals surface area contributed by atoms with E-state index in [9.17, 15) is 4.79 Å². The number of ether oxygens (including phenoxy) is 1. The normalized spacial score (nSPS) is 12.1. The van der Waals surface area contributed by atoms with Crippen molar-refractivity contribution in [2.75, 3.05) is 7.11 Å². The Hall–Kier alpha value is -3.68. The molecular weight excluding hydrogens is 344 g/mol. The highest BCUT2D eigenvalue weighted by Crippen LogP contribution is 2.21. The number of pyridine rings is 1. The van der Waals surface area contributed by atoms with E-state index >= 15 is 0 Å². The summed E-state index contributed by atoms with van der Waals surface area (Å²) in [6, 6.07) is 14.8. The molecule has 1 N–H and O–H groups in total. The summed E-state index contributed by atoms with van der Waals surface area (Å²) in [7, 11) is 1.51. The van der Waals surface area contributed by atoms with Gasteiger partial charge in [0.15, 0.2) is 22.9 Å². The Kier molecular flexibility index (Phi) is 4.29. The molecule has 0 saturated carbocycles. The van der Waals surface area contributed by atoms with Gasteiger partial charge in [0.05, 0.1) is 25.0 Å². The fraction of sp³-hybridized carbons (Fsp3) is 0.158. The molecule has 0 radical (unpaired) electrons. The number of hydrogen-bond acceptors (Lipinski definition) is 5. The Bertz CT molecular complexity index is 1090. The van der Waals surface area contributed by atoms with Crippen molar-refractivity contribution < 1.29 is 9.53 Å². The molecule has 0 bridgehead atoms. The molecule has 3 heterocycles. The number of nitrogens with zero attached hydrogens (tertiary/aromatic N) is 5. The second-order valence-corrected chi connectivity index (χ2v) is 6.01. The molecule has 0 aliphatic carbocycles. The number of amides is 1. The highest BCUT2D eigenvalue weighted by atomic mass is 16.5. The zero-order valence-corrected chi connectivity index (χ0v) is 14.9. The molecule has 1 unspecified atom stereocenters. The smallest absolute Gasteiger partial charge is 0.276 e. The molecule has 27 heavy (non-hydrogen) atoms. The Morgan fingerprint density at radius 3 is 2.67 bits per heavy atom. The Morgan fingerprint density at radius 2 is 1.89 bits per heavy atom. The molecule has 0 spiro atoms. The predicted octanol–water partition coefficient (Wildman–Crippen LogP) is 2.41. The van der Waals surface area contributed by atoms with Crippen LogP contribution in [0.1, 0.15) is 29.3 Å². The lowest BCUT2D eigenvalue weighted by Gasteiger charge is -2.11. The van der Waals surface area contributed by atoms with Crippen LogP contribution in [0.3, 0.4) is 0 Å². The maximum absolute atomic E-state index is 12.8. The average molecular weight is 362 g/mol. The number of carbonyl (C=O) groups excluding carboxylic acids is 1. The number of aromatic nitrogens is 5. The molecule has 3 aromatic heterocycles. The van der Waals surface area contributed by atoms with Gasteiger partial charge in [0.1, 0.15) is 0 Å². The zero-order valence-electron chi connectivity index (χ0n) is 14.9. The Labute approximate surface area is 155 Å². The Balaban J connectivity index is 1.60. The van der Waals surface area contributed by atoms with E-state index in [0.717, 1.165) is 11.3 Å². The van der Waals surface area contributed by atoms with E-state index in [2.05, 4.69) is 20.6 Å². The largest absolute Gasteiger partial charge is 0.493 e. The minimum Gasteiger partial charge on any atom is -0.493 e. The number of fused-ring (bicyclic) bond motifs is 1. The van der Waals surface area contributed by atoms with Gasteiger partial charge in [-0.1, -0.05) is 24.3 Å². The van der Waals surface area contributed by atoms with Gasteiger partial charge in [0.2, 0.25) is 0 Å². The third kappa shape index (κ3) is 3.12. The van der Waals surface area contributed by atoms with Gasteiger partial charge in [0, 0.05) is 6.20 Å². The average Bonchev–Trinajstić information content (AvgIpc) is 3.33. The van der Waals surface area contributed by atoms with Crippen LogP contribution in [0.5, 0.6) is 5.75 Å². The van der Waals surface area contributed by atoms with Crippen molar-refractivity contribution in [2.24, 2.45) is 0 Å². The standard InChI is InChI=1S/C19H18N6O2/c1-13(18-22-21-16-10-6-7-11-24(16)18)20-19(26)17-15(27-2)12-25(23-17)14-8-4-3-5-9-14/h3-13H,1-2H3,(H,20,26). The molecule has 8 heteroatoms. The number of hydrogen-bond donors (Lipinski definition) is 1. The summed E-state index contributed by atoms with van der Waals surface area (Å²) >= 11 is 0. The Morgan fingerprint density at radius 1 is 1.11 bits per heavy atom. The van der Waals surface area contributed by atoms with E-state index in [1.54, 1.807) is 10.9 Å². The van der Waals surface area contributed by atoms with Gasteiger partial charge < -0.3 is 10.1 Å². The summed E-state index contributed by atoms with van der Waals surface area (Å²) in [4.78, 5) is 12.8. The quantitative estimate of drug-likeness (QED) is 0.589. The van der Waals surface area contributed by atoms with Crippen molar-refractivity contribution in [1.82, 2.24) is 29.7 Å². The van der Waals surface area contributed by atoms with Crippen LogP contribution in [0.2, 0.25) is 0 Å². The van der Waals surface area contributed by atoms with Crippen LogP contribution >= 0.6 is 0 Å². The topological polar surface area (TPSA) is 86.3 Å². The summed E-state index contributed by atoms with van der Waals surface area (Å²) in [6.07, 6.45) is 3.54. The van der Waals surface area contributed by atoms with Gasteiger partial charge >= 0.3 is 0 Å².